The first-order valence-electron chi connectivity index (χ1n) is 24.9. The zero-order valence-corrected chi connectivity index (χ0v) is 38.4. The van der Waals surface area contributed by atoms with Gasteiger partial charge >= 0.3 is 5.97 Å². The molecule has 0 aliphatic rings. The average molecular weight is 814 g/mol. The molecule has 0 radical (unpaired) electrons. The van der Waals surface area contributed by atoms with Crippen molar-refractivity contribution in [1.82, 2.24) is 5.32 Å². The summed E-state index contributed by atoms with van der Waals surface area (Å²) < 4.78 is 5.91. The molecular weight excluding hydrogens is 719 g/mol. The van der Waals surface area contributed by atoms with Gasteiger partial charge in [0, 0.05) is 6.42 Å². The molecule has 0 saturated carbocycles. The van der Waals surface area contributed by atoms with E-state index in [4.69, 9.17) is 4.74 Å². The van der Waals surface area contributed by atoms with Gasteiger partial charge < -0.3 is 20.3 Å². The van der Waals surface area contributed by atoms with Crippen LogP contribution in [0, 0.1) is 0 Å². The lowest BCUT2D eigenvalue weighted by molar-refractivity contribution is -0.151. The van der Waals surface area contributed by atoms with Crippen molar-refractivity contribution in [1.29, 1.82) is 0 Å². The van der Waals surface area contributed by atoms with Crippen molar-refractivity contribution in [3.8, 4) is 0 Å². The van der Waals surface area contributed by atoms with Crippen molar-refractivity contribution in [2.75, 3.05) is 6.61 Å². The van der Waals surface area contributed by atoms with E-state index in [0.29, 0.717) is 19.3 Å². The van der Waals surface area contributed by atoms with Gasteiger partial charge in [-0.25, -0.2) is 0 Å². The summed E-state index contributed by atoms with van der Waals surface area (Å²) in [4.78, 5) is 26.1. The van der Waals surface area contributed by atoms with Crippen molar-refractivity contribution >= 4 is 11.9 Å². The van der Waals surface area contributed by atoms with Crippen LogP contribution in [0.25, 0.3) is 0 Å². The molecule has 0 bridgehead atoms. The topological polar surface area (TPSA) is 95.9 Å². The normalized spacial score (nSPS) is 13.7. The Bertz CT molecular complexity index is 1000. The Hall–Kier alpha value is -2.18. The zero-order valence-electron chi connectivity index (χ0n) is 38.4. The highest BCUT2D eigenvalue weighted by Gasteiger charge is 2.24. The van der Waals surface area contributed by atoms with Gasteiger partial charge in [0.15, 0.2) is 0 Å². The molecule has 0 aliphatic carbocycles. The number of unbranched alkanes of at least 4 members (excludes halogenated alkanes) is 27. The van der Waals surface area contributed by atoms with Crippen molar-refractivity contribution in [2.24, 2.45) is 0 Å². The molecule has 0 fully saturated rings. The summed E-state index contributed by atoms with van der Waals surface area (Å²) in [5.41, 5.74) is 0. The number of carbonyl (C=O) groups is 2. The highest BCUT2D eigenvalue weighted by molar-refractivity contribution is 5.77. The highest BCUT2D eigenvalue weighted by atomic mass is 16.5. The van der Waals surface area contributed by atoms with Crippen molar-refractivity contribution in [2.45, 2.75) is 264 Å². The van der Waals surface area contributed by atoms with Crippen molar-refractivity contribution < 1.29 is 24.5 Å². The van der Waals surface area contributed by atoms with Gasteiger partial charge in [-0.3, -0.25) is 9.59 Å². The molecule has 0 aromatic heterocycles. The number of allylic oxidation sites excluding steroid dienone is 8. The Kier molecular flexibility index (Phi) is 44.2. The Labute approximate surface area is 359 Å². The predicted octanol–water partition coefficient (Wildman–Crippen LogP) is 14.7. The van der Waals surface area contributed by atoms with Gasteiger partial charge in [0.2, 0.25) is 5.91 Å². The van der Waals surface area contributed by atoms with Gasteiger partial charge in [-0.05, 0) is 51.4 Å². The molecule has 3 N–H and O–H groups in total. The number of aliphatic hydroxyl groups excluding tert-OH is 2. The second kappa shape index (κ2) is 45.9. The smallest absolute Gasteiger partial charge is 0.306 e. The van der Waals surface area contributed by atoms with E-state index in [1.165, 1.54) is 128 Å². The third kappa shape index (κ3) is 40.6. The number of nitrogens with one attached hydrogen (secondary N) is 1. The Morgan fingerprint density at radius 1 is 0.500 bits per heavy atom. The standard InChI is InChI=1S/C52H95NO5/c1-4-7-10-13-16-19-22-24-25-26-28-29-31-34-37-40-43-48(58-52(57)45-42-39-36-33-30-27-23-20-17-14-11-8-5-2)46-51(56)53-49(47-54)50(55)44-41-38-35-32-21-18-15-12-9-6-3/h16,19,22,24-26,28-29,48-50,54-55H,4-15,17-18,20-21,23,27,30-47H2,1-3H3,(H,53,56)/b19-16+,24-22+,26-25+,29-28+. The first kappa shape index (κ1) is 55.8. The third-order valence-corrected chi connectivity index (χ3v) is 11.3. The number of rotatable bonds is 44. The molecule has 0 heterocycles. The Morgan fingerprint density at radius 2 is 0.879 bits per heavy atom. The van der Waals surface area contributed by atoms with E-state index in [1.54, 1.807) is 0 Å². The Morgan fingerprint density at radius 3 is 1.36 bits per heavy atom. The number of carbonyl (C=O) groups excluding carboxylic acids is 2. The first-order valence-corrected chi connectivity index (χ1v) is 24.9. The number of amides is 1. The number of ether oxygens (including phenoxy) is 1. The van der Waals surface area contributed by atoms with Crippen LogP contribution in [0.5, 0.6) is 0 Å². The van der Waals surface area contributed by atoms with Gasteiger partial charge in [-0.15, -0.1) is 0 Å². The molecule has 58 heavy (non-hydrogen) atoms. The lowest BCUT2D eigenvalue weighted by Crippen LogP contribution is -2.46. The van der Waals surface area contributed by atoms with Crippen LogP contribution in [-0.2, 0) is 14.3 Å². The minimum Gasteiger partial charge on any atom is -0.462 e. The largest absolute Gasteiger partial charge is 0.462 e. The van der Waals surface area contributed by atoms with Crippen LogP contribution < -0.4 is 5.32 Å². The molecule has 338 valence electrons. The number of esters is 1. The second-order valence-corrected chi connectivity index (χ2v) is 17.0. The van der Waals surface area contributed by atoms with Crippen LogP contribution >= 0.6 is 0 Å². The molecule has 1 amide bonds. The summed E-state index contributed by atoms with van der Waals surface area (Å²) in [5, 5.41) is 23.7. The quantitative estimate of drug-likeness (QED) is 0.0323. The fourth-order valence-corrected chi connectivity index (χ4v) is 7.44. The molecule has 3 atom stereocenters. The number of hydrogen-bond donors (Lipinski definition) is 3. The van der Waals surface area contributed by atoms with E-state index in [0.717, 1.165) is 70.6 Å². The van der Waals surface area contributed by atoms with Gasteiger partial charge in [0.25, 0.3) is 0 Å². The van der Waals surface area contributed by atoms with Gasteiger partial charge in [0.05, 0.1) is 25.2 Å². The van der Waals surface area contributed by atoms with Gasteiger partial charge in [-0.2, -0.15) is 0 Å². The summed E-state index contributed by atoms with van der Waals surface area (Å²) in [7, 11) is 0. The highest BCUT2D eigenvalue weighted by Crippen LogP contribution is 2.17. The minimum absolute atomic E-state index is 0.0535. The molecule has 0 saturated heterocycles. The molecule has 0 spiro atoms. The maximum absolute atomic E-state index is 13.2. The molecule has 0 aliphatic heterocycles. The molecule has 6 heteroatoms. The summed E-state index contributed by atoms with van der Waals surface area (Å²) >= 11 is 0. The fourth-order valence-electron chi connectivity index (χ4n) is 7.44. The summed E-state index contributed by atoms with van der Waals surface area (Å²) in [5.74, 6) is -0.507. The molecule has 0 aromatic rings. The van der Waals surface area contributed by atoms with Crippen LogP contribution in [0.15, 0.2) is 48.6 Å². The molecule has 0 aromatic carbocycles. The van der Waals surface area contributed by atoms with E-state index in [2.05, 4.69) is 68.6 Å². The monoisotopic (exact) mass is 814 g/mol. The molecule has 0 rings (SSSR count). The SMILES string of the molecule is CCCCC/C=C/C=C/C=C/C=C/CCCCCC(CC(=O)NC(CO)C(O)CCCCCCCCCCCC)OC(=O)CCCCCCCCCCCCCCC. The van der Waals surface area contributed by atoms with Gasteiger partial charge in [0.1, 0.15) is 6.10 Å². The lowest BCUT2D eigenvalue weighted by Gasteiger charge is -2.24. The van der Waals surface area contributed by atoms with Crippen LogP contribution in [0.2, 0.25) is 0 Å². The van der Waals surface area contributed by atoms with Crippen LogP contribution in [0.3, 0.4) is 0 Å². The summed E-state index contributed by atoms with van der Waals surface area (Å²) in [6, 6.07) is -0.712. The van der Waals surface area contributed by atoms with E-state index in [1.807, 2.05) is 6.08 Å². The Balaban J connectivity index is 4.68. The van der Waals surface area contributed by atoms with Crippen LogP contribution in [-0.4, -0.2) is 46.9 Å². The van der Waals surface area contributed by atoms with Gasteiger partial charge in [-0.1, -0.05) is 230 Å². The van der Waals surface area contributed by atoms with Crippen molar-refractivity contribution in [3.05, 3.63) is 48.6 Å². The van der Waals surface area contributed by atoms with E-state index < -0.39 is 18.2 Å². The molecule has 6 nitrogen and oxygen atoms in total. The lowest BCUT2D eigenvalue weighted by atomic mass is 10.0. The minimum atomic E-state index is -0.796. The summed E-state index contributed by atoms with van der Waals surface area (Å²) in [6.45, 7) is 6.42. The van der Waals surface area contributed by atoms with E-state index in [-0.39, 0.29) is 24.9 Å². The second-order valence-electron chi connectivity index (χ2n) is 17.0. The van der Waals surface area contributed by atoms with Crippen LogP contribution in [0.4, 0.5) is 0 Å². The fraction of sp³-hybridized carbons (Fsp3) is 0.808. The van der Waals surface area contributed by atoms with E-state index in [9.17, 15) is 19.8 Å². The maximum atomic E-state index is 13.2. The third-order valence-electron chi connectivity index (χ3n) is 11.3. The molecule has 3 unspecified atom stereocenters. The maximum Gasteiger partial charge on any atom is 0.306 e. The van der Waals surface area contributed by atoms with E-state index >= 15 is 0 Å². The predicted molar refractivity (Wildman–Crippen MR) is 250 cm³/mol. The number of hydrogen-bond acceptors (Lipinski definition) is 5. The zero-order chi connectivity index (χ0) is 42.4. The number of aliphatic hydroxyl groups is 2. The van der Waals surface area contributed by atoms with Crippen molar-refractivity contribution in [3.63, 3.8) is 0 Å². The molecular formula is C52H95NO5. The first-order chi connectivity index (χ1) is 28.5. The average Bonchev–Trinajstić information content (AvgIpc) is 3.22. The summed E-state index contributed by atoms with van der Waals surface area (Å²) in [6.07, 6.45) is 54.5. The van der Waals surface area contributed by atoms with Crippen LogP contribution in [0.1, 0.15) is 245 Å².